The van der Waals surface area contributed by atoms with Gasteiger partial charge in [0, 0.05) is 12.2 Å². The van der Waals surface area contributed by atoms with Crippen molar-refractivity contribution in [2.75, 3.05) is 19.0 Å². The van der Waals surface area contributed by atoms with Gasteiger partial charge in [-0.3, -0.25) is 0 Å². The van der Waals surface area contributed by atoms with Gasteiger partial charge in [0.1, 0.15) is 6.61 Å². The number of halogens is 1. The molecule has 0 unspecified atom stereocenters. The van der Waals surface area contributed by atoms with Crippen LogP contribution in [0.2, 0.25) is 5.02 Å². The van der Waals surface area contributed by atoms with Gasteiger partial charge in [0.2, 0.25) is 0 Å². The lowest BCUT2D eigenvalue weighted by Gasteiger charge is -2.14. The van der Waals surface area contributed by atoms with Crippen LogP contribution in [-0.2, 0) is 6.54 Å². The first kappa shape index (κ1) is 17.5. The number of carboxylic acids is 1. The lowest BCUT2D eigenvalue weighted by molar-refractivity contribution is 0.0697. The standard InChI is InChI=1S/C18H16ClNO4/c1-3-7-24-17-15(19)8-12(9-16(17)23-2)11-20-14-6-4-5-13(10-14)18(21)22/h1,4-6,8-10,20H,7,11H2,2H3,(H,21,22). The van der Waals surface area contributed by atoms with Crippen LogP contribution < -0.4 is 14.8 Å². The zero-order chi connectivity index (χ0) is 17.5. The van der Waals surface area contributed by atoms with Gasteiger partial charge in [0.25, 0.3) is 0 Å². The van der Waals surface area contributed by atoms with Crippen molar-refractivity contribution in [3.63, 3.8) is 0 Å². The number of methoxy groups -OCH3 is 1. The van der Waals surface area contributed by atoms with Gasteiger partial charge in [-0.15, -0.1) is 6.42 Å². The molecule has 0 spiro atoms. The molecule has 0 aromatic heterocycles. The Hall–Kier alpha value is -2.84. The summed E-state index contributed by atoms with van der Waals surface area (Å²) in [5.41, 5.74) is 1.76. The Bertz CT molecular complexity index is 783. The molecule has 6 heteroatoms. The van der Waals surface area contributed by atoms with E-state index in [4.69, 9.17) is 32.6 Å². The van der Waals surface area contributed by atoms with Crippen LogP contribution in [0.5, 0.6) is 11.5 Å². The molecule has 0 aliphatic heterocycles. The van der Waals surface area contributed by atoms with Crippen LogP contribution in [0.3, 0.4) is 0 Å². The Balaban J connectivity index is 2.15. The molecule has 2 rings (SSSR count). The van der Waals surface area contributed by atoms with Crippen LogP contribution in [0.25, 0.3) is 0 Å². The zero-order valence-corrected chi connectivity index (χ0v) is 13.8. The Morgan fingerprint density at radius 1 is 1.38 bits per heavy atom. The number of hydrogen-bond acceptors (Lipinski definition) is 4. The first-order chi connectivity index (χ1) is 11.5. The first-order valence-electron chi connectivity index (χ1n) is 7.05. The number of benzene rings is 2. The summed E-state index contributed by atoms with van der Waals surface area (Å²) in [6.45, 7) is 0.532. The van der Waals surface area contributed by atoms with Gasteiger partial charge >= 0.3 is 5.97 Å². The number of carbonyl (C=O) groups is 1. The second-order valence-electron chi connectivity index (χ2n) is 4.84. The van der Waals surface area contributed by atoms with Crippen molar-refractivity contribution in [1.29, 1.82) is 0 Å². The SMILES string of the molecule is C#CCOc1c(Cl)cc(CNc2cccc(C(=O)O)c2)cc1OC. The van der Waals surface area contributed by atoms with E-state index < -0.39 is 5.97 Å². The van der Waals surface area contributed by atoms with Crippen molar-refractivity contribution in [3.8, 4) is 23.8 Å². The van der Waals surface area contributed by atoms with Gasteiger partial charge in [-0.2, -0.15) is 0 Å². The summed E-state index contributed by atoms with van der Waals surface area (Å²) >= 11 is 6.22. The second-order valence-corrected chi connectivity index (χ2v) is 5.25. The minimum absolute atomic E-state index is 0.0929. The predicted molar refractivity (Wildman–Crippen MR) is 93.1 cm³/mol. The van der Waals surface area contributed by atoms with Gasteiger partial charge in [-0.1, -0.05) is 23.6 Å². The van der Waals surface area contributed by atoms with E-state index in [0.29, 0.717) is 28.8 Å². The molecule has 2 N–H and O–H groups in total. The largest absolute Gasteiger partial charge is 0.493 e. The fourth-order valence-electron chi connectivity index (χ4n) is 2.10. The Labute approximate surface area is 145 Å². The van der Waals surface area contributed by atoms with E-state index in [1.165, 1.54) is 13.2 Å². The molecule has 0 heterocycles. The summed E-state index contributed by atoms with van der Waals surface area (Å²) in [7, 11) is 1.52. The van der Waals surface area contributed by atoms with E-state index in [1.54, 1.807) is 30.3 Å². The van der Waals surface area contributed by atoms with Crippen LogP contribution in [0.15, 0.2) is 36.4 Å². The van der Waals surface area contributed by atoms with Crippen LogP contribution in [0, 0.1) is 12.3 Å². The highest BCUT2D eigenvalue weighted by Crippen LogP contribution is 2.36. The van der Waals surface area contributed by atoms with Gasteiger partial charge in [-0.05, 0) is 35.9 Å². The van der Waals surface area contributed by atoms with E-state index >= 15 is 0 Å². The third kappa shape index (κ3) is 4.34. The molecule has 0 aliphatic rings. The monoisotopic (exact) mass is 345 g/mol. The number of ether oxygens (including phenoxy) is 2. The zero-order valence-electron chi connectivity index (χ0n) is 13.0. The molecule has 2 aromatic rings. The Kier molecular flexibility index (Phi) is 5.94. The van der Waals surface area contributed by atoms with Crippen molar-refractivity contribution < 1.29 is 19.4 Å². The highest BCUT2D eigenvalue weighted by atomic mass is 35.5. The number of aromatic carboxylic acids is 1. The van der Waals surface area contributed by atoms with Crippen LogP contribution in [0.1, 0.15) is 15.9 Å². The number of nitrogens with one attached hydrogen (secondary N) is 1. The molecule has 24 heavy (non-hydrogen) atoms. The van der Waals surface area contributed by atoms with E-state index in [-0.39, 0.29) is 12.2 Å². The molecule has 0 saturated heterocycles. The van der Waals surface area contributed by atoms with Gasteiger partial charge in [0.05, 0.1) is 17.7 Å². The molecule has 124 valence electrons. The van der Waals surface area contributed by atoms with E-state index in [9.17, 15) is 4.79 Å². The molecule has 0 aliphatic carbocycles. The summed E-state index contributed by atoms with van der Waals surface area (Å²) in [5.74, 6) is 2.28. The fourth-order valence-corrected chi connectivity index (χ4v) is 2.38. The van der Waals surface area contributed by atoms with Gasteiger partial charge in [0.15, 0.2) is 11.5 Å². The van der Waals surface area contributed by atoms with Crippen molar-refractivity contribution in [1.82, 2.24) is 0 Å². The number of anilines is 1. The molecule has 0 fully saturated rings. The van der Waals surface area contributed by atoms with Crippen molar-refractivity contribution in [2.45, 2.75) is 6.54 Å². The summed E-state index contributed by atoms with van der Waals surface area (Å²) in [4.78, 5) is 11.0. The maximum atomic E-state index is 11.0. The summed E-state index contributed by atoms with van der Waals surface area (Å²) in [6, 6.07) is 10.1. The van der Waals surface area contributed by atoms with E-state index in [1.807, 2.05) is 0 Å². The quantitative estimate of drug-likeness (QED) is 0.749. The molecule has 2 aromatic carbocycles. The van der Waals surface area contributed by atoms with Gasteiger partial charge in [-0.25, -0.2) is 4.79 Å². The highest BCUT2D eigenvalue weighted by Gasteiger charge is 2.12. The first-order valence-corrected chi connectivity index (χ1v) is 7.43. The molecular formula is C18H16ClNO4. The lowest BCUT2D eigenvalue weighted by Crippen LogP contribution is -2.03. The molecular weight excluding hydrogens is 330 g/mol. The molecule has 0 saturated carbocycles. The summed E-state index contributed by atoms with van der Waals surface area (Å²) in [5, 5.41) is 12.5. The highest BCUT2D eigenvalue weighted by molar-refractivity contribution is 6.32. The maximum Gasteiger partial charge on any atom is 0.335 e. The molecule has 0 bridgehead atoms. The second kappa shape index (κ2) is 8.14. The van der Waals surface area contributed by atoms with Crippen LogP contribution in [-0.4, -0.2) is 24.8 Å². The smallest absolute Gasteiger partial charge is 0.335 e. The Morgan fingerprint density at radius 2 is 2.17 bits per heavy atom. The van der Waals surface area contributed by atoms with E-state index in [0.717, 1.165) is 5.56 Å². The average Bonchev–Trinajstić information content (AvgIpc) is 2.58. The molecule has 5 nitrogen and oxygen atoms in total. The number of carboxylic acid groups (broad SMARTS) is 1. The number of terminal acetylenes is 1. The lowest BCUT2D eigenvalue weighted by atomic mass is 10.1. The van der Waals surface area contributed by atoms with Gasteiger partial charge < -0.3 is 19.9 Å². The minimum Gasteiger partial charge on any atom is -0.493 e. The van der Waals surface area contributed by atoms with Crippen LogP contribution in [0.4, 0.5) is 5.69 Å². The van der Waals surface area contributed by atoms with E-state index in [2.05, 4.69) is 11.2 Å². The third-order valence-electron chi connectivity index (χ3n) is 3.20. The molecule has 0 atom stereocenters. The van der Waals surface area contributed by atoms with Crippen molar-refractivity contribution in [2.24, 2.45) is 0 Å². The normalized spacial score (nSPS) is 9.88. The fraction of sp³-hybridized carbons (Fsp3) is 0.167. The summed E-state index contributed by atoms with van der Waals surface area (Å²) in [6.07, 6.45) is 5.18. The Morgan fingerprint density at radius 3 is 2.83 bits per heavy atom. The maximum absolute atomic E-state index is 11.0. The topological polar surface area (TPSA) is 67.8 Å². The molecule has 0 radical (unpaired) electrons. The summed E-state index contributed by atoms with van der Waals surface area (Å²) < 4.78 is 10.7. The number of hydrogen-bond donors (Lipinski definition) is 2. The van der Waals surface area contributed by atoms with Crippen molar-refractivity contribution >= 4 is 23.3 Å². The number of rotatable bonds is 7. The third-order valence-corrected chi connectivity index (χ3v) is 3.48. The average molecular weight is 346 g/mol. The minimum atomic E-state index is -0.974. The van der Waals surface area contributed by atoms with Crippen molar-refractivity contribution in [3.05, 3.63) is 52.5 Å². The van der Waals surface area contributed by atoms with Crippen LogP contribution >= 0.6 is 11.6 Å². The predicted octanol–water partition coefficient (Wildman–Crippen LogP) is 3.67. The molecule has 0 amide bonds.